The summed E-state index contributed by atoms with van der Waals surface area (Å²) in [5, 5.41) is 7.85. The van der Waals surface area contributed by atoms with E-state index in [1.54, 1.807) is 20.8 Å². The smallest absolute Gasteiger partial charge is 0.407 e. The fourth-order valence-electron chi connectivity index (χ4n) is 1.41. The minimum atomic E-state index is -0.556. The van der Waals surface area contributed by atoms with Crippen molar-refractivity contribution in [3.63, 3.8) is 0 Å². The first kappa shape index (κ1) is 20.2. The first-order valence-corrected chi connectivity index (χ1v) is 7.24. The van der Waals surface area contributed by atoms with Crippen LogP contribution >= 0.6 is 0 Å². The number of amides is 3. The number of ether oxygens (including phenoxy) is 2. The number of nitrogens with one attached hydrogen (secondary N) is 3. The van der Waals surface area contributed by atoms with Crippen molar-refractivity contribution in [1.82, 2.24) is 16.0 Å². The summed E-state index contributed by atoms with van der Waals surface area (Å²) in [7, 11) is 1.45. The lowest BCUT2D eigenvalue weighted by molar-refractivity contribution is -0.124. The Morgan fingerprint density at radius 1 is 0.909 bits per heavy atom. The van der Waals surface area contributed by atoms with Gasteiger partial charge in [0.2, 0.25) is 11.8 Å². The van der Waals surface area contributed by atoms with Gasteiger partial charge in [0.25, 0.3) is 0 Å². The lowest BCUT2D eigenvalue weighted by atomic mass is 10.2. The number of alkyl carbamates (subject to hydrolysis) is 1. The van der Waals surface area contributed by atoms with Crippen molar-refractivity contribution in [3.8, 4) is 0 Å². The zero-order chi connectivity index (χ0) is 17.0. The van der Waals surface area contributed by atoms with Crippen LogP contribution in [0.1, 0.15) is 33.6 Å². The van der Waals surface area contributed by atoms with E-state index >= 15 is 0 Å². The molecule has 0 aromatic carbocycles. The number of carbonyl (C=O) groups is 3. The summed E-state index contributed by atoms with van der Waals surface area (Å²) in [6.07, 6.45) is 0.261. The minimum Gasteiger partial charge on any atom is -0.444 e. The molecule has 0 rings (SSSR count). The van der Waals surface area contributed by atoms with Crippen molar-refractivity contribution in [3.05, 3.63) is 0 Å². The first-order chi connectivity index (χ1) is 10.2. The second-order valence-electron chi connectivity index (χ2n) is 5.67. The van der Waals surface area contributed by atoms with E-state index in [4.69, 9.17) is 4.74 Å². The maximum absolute atomic E-state index is 11.5. The molecule has 22 heavy (non-hydrogen) atoms. The molecule has 0 fully saturated rings. The summed E-state index contributed by atoms with van der Waals surface area (Å²) in [5.74, 6) is -0.352. The highest BCUT2D eigenvalue weighted by Gasteiger charge is 2.15. The molecule has 8 nitrogen and oxygen atoms in total. The van der Waals surface area contributed by atoms with E-state index < -0.39 is 11.7 Å². The SMILES string of the molecule is COCC(=O)NCCCNC(=O)CCNC(=O)OC(C)(C)C. The van der Waals surface area contributed by atoms with Gasteiger partial charge >= 0.3 is 6.09 Å². The predicted octanol–water partition coefficient (Wildman–Crippen LogP) is 0.170. The Morgan fingerprint density at radius 2 is 1.50 bits per heavy atom. The fourth-order valence-corrected chi connectivity index (χ4v) is 1.41. The van der Waals surface area contributed by atoms with E-state index in [2.05, 4.69) is 20.7 Å². The standard InChI is InChI=1S/C14H27N3O5/c1-14(2,3)22-13(20)17-9-6-11(18)15-7-5-8-16-12(19)10-21-4/h5-10H2,1-4H3,(H,15,18)(H,16,19)(H,17,20). The van der Waals surface area contributed by atoms with Crippen molar-refractivity contribution in [2.45, 2.75) is 39.2 Å². The molecular weight excluding hydrogens is 290 g/mol. The van der Waals surface area contributed by atoms with E-state index in [0.29, 0.717) is 19.5 Å². The predicted molar refractivity (Wildman–Crippen MR) is 81.4 cm³/mol. The van der Waals surface area contributed by atoms with Crippen LogP contribution in [0, 0.1) is 0 Å². The first-order valence-electron chi connectivity index (χ1n) is 7.24. The molecule has 8 heteroatoms. The lowest BCUT2D eigenvalue weighted by Gasteiger charge is -2.19. The second-order valence-corrected chi connectivity index (χ2v) is 5.67. The van der Waals surface area contributed by atoms with Crippen molar-refractivity contribution >= 4 is 17.9 Å². The molecule has 0 bridgehead atoms. The highest BCUT2D eigenvalue weighted by atomic mass is 16.6. The zero-order valence-corrected chi connectivity index (χ0v) is 13.8. The molecule has 0 spiro atoms. The van der Waals surface area contributed by atoms with Crippen LogP contribution in [0.25, 0.3) is 0 Å². The van der Waals surface area contributed by atoms with Crippen LogP contribution < -0.4 is 16.0 Å². The van der Waals surface area contributed by atoms with E-state index in [-0.39, 0.29) is 31.4 Å². The summed E-state index contributed by atoms with van der Waals surface area (Å²) < 4.78 is 9.71. The highest BCUT2D eigenvalue weighted by molar-refractivity contribution is 5.77. The third kappa shape index (κ3) is 13.2. The molecule has 0 aliphatic rings. The molecule has 0 aromatic heterocycles. The average Bonchev–Trinajstić information content (AvgIpc) is 2.36. The number of rotatable bonds is 9. The molecule has 0 aliphatic heterocycles. The van der Waals surface area contributed by atoms with Gasteiger partial charge in [-0.1, -0.05) is 0 Å². The van der Waals surface area contributed by atoms with Crippen LogP contribution in [-0.2, 0) is 19.1 Å². The largest absolute Gasteiger partial charge is 0.444 e. The lowest BCUT2D eigenvalue weighted by Crippen LogP contribution is -2.36. The molecule has 0 radical (unpaired) electrons. The fraction of sp³-hybridized carbons (Fsp3) is 0.786. The average molecular weight is 317 g/mol. The normalized spacial score (nSPS) is 10.7. The molecule has 0 saturated carbocycles. The van der Waals surface area contributed by atoms with Gasteiger partial charge in [0, 0.05) is 33.2 Å². The summed E-state index contributed by atoms with van der Waals surface area (Å²) in [5.41, 5.74) is -0.556. The van der Waals surface area contributed by atoms with E-state index in [1.165, 1.54) is 7.11 Å². The molecular formula is C14H27N3O5. The third-order valence-corrected chi connectivity index (χ3v) is 2.29. The van der Waals surface area contributed by atoms with Crippen LogP contribution in [0.3, 0.4) is 0 Å². The van der Waals surface area contributed by atoms with Crippen LogP contribution in [0.5, 0.6) is 0 Å². The Hall–Kier alpha value is -1.83. The van der Waals surface area contributed by atoms with Gasteiger partial charge in [-0.15, -0.1) is 0 Å². The Bertz CT molecular complexity index is 366. The second kappa shape index (κ2) is 10.8. The number of hydrogen-bond acceptors (Lipinski definition) is 5. The van der Waals surface area contributed by atoms with Crippen LogP contribution in [-0.4, -0.2) is 56.9 Å². The minimum absolute atomic E-state index is 0.0305. The topological polar surface area (TPSA) is 106 Å². The maximum Gasteiger partial charge on any atom is 0.407 e. The van der Waals surface area contributed by atoms with Gasteiger partial charge in [0.1, 0.15) is 12.2 Å². The van der Waals surface area contributed by atoms with Gasteiger partial charge in [-0.2, -0.15) is 0 Å². The molecule has 128 valence electrons. The molecule has 3 amide bonds. The Balaban J connectivity index is 3.55. The zero-order valence-electron chi connectivity index (χ0n) is 13.8. The van der Waals surface area contributed by atoms with Crippen molar-refractivity contribution in [1.29, 1.82) is 0 Å². The number of hydrogen-bond donors (Lipinski definition) is 3. The van der Waals surface area contributed by atoms with Gasteiger partial charge in [-0.05, 0) is 27.2 Å². The van der Waals surface area contributed by atoms with Gasteiger partial charge in [0.15, 0.2) is 0 Å². The monoisotopic (exact) mass is 317 g/mol. The van der Waals surface area contributed by atoms with E-state index in [1.807, 2.05) is 0 Å². The van der Waals surface area contributed by atoms with Crippen molar-refractivity contribution in [2.75, 3.05) is 33.4 Å². The Morgan fingerprint density at radius 3 is 2.05 bits per heavy atom. The van der Waals surface area contributed by atoms with Crippen molar-refractivity contribution < 1.29 is 23.9 Å². The van der Waals surface area contributed by atoms with Crippen LogP contribution in [0.2, 0.25) is 0 Å². The number of methoxy groups -OCH3 is 1. The summed E-state index contributed by atoms with van der Waals surface area (Å²) in [6.45, 7) is 6.48. The van der Waals surface area contributed by atoms with E-state index in [9.17, 15) is 14.4 Å². The third-order valence-electron chi connectivity index (χ3n) is 2.29. The molecule has 0 saturated heterocycles. The molecule has 3 N–H and O–H groups in total. The summed E-state index contributed by atoms with van der Waals surface area (Å²) >= 11 is 0. The Labute approximate surface area is 131 Å². The van der Waals surface area contributed by atoms with E-state index in [0.717, 1.165) is 0 Å². The summed E-state index contributed by atoms with van der Waals surface area (Å²) in [4.78, 5) is 33.9. The highest BCUT2D eigenvalue weighted by Crippen LogP contribution is 2.06. The molecule has 0 unspecified atom stereocenters. The molecule has 0 aliphatic carbocycles. The Kier molecular flexibility index (Phi) is 9.93. The summed E-state index contributed by atoms with van der Waals surface area (Å²) in [6, 6.07) is 0. The van der Waals surface area contributed by atoms with Gasteiger partial charge in [-0.3, -0.25) is 9.59 Å². The van der Waals surface area contributed by atoms with Crippen LogP contribution in [0.15, 0.2) is 0 Å². The molecule has 0 atom stereocenters. The number of carbonyl (C=O) groups excluding carboxylic acids is 3. The van der Waals surface area contributed by atoms with Crippen molar-refractivity contribution in [2.24, 2.45) is 0 Å². The van der Waals surface area contributed by atoms with Gasteiger partial charge < -0.3 is 25.4 Å². The van der Waals surface area contributed by atoms with Gasteiger partial charge in [-0.25, -0.2) is 4.79 Å². The quantitative estimate of drug-likeness (QED) is 0.526. The maximum atomic E-state index is 11.5. The molecule has 0 heterocycles. The van der Waals surface area contributed by atoms with Crippen LogP contribution in [0.4, 0.5) is 4.79 Å². The molecule has 0 aromatic rings. The van der Waals surface area contributed by atoms with Gasteiger partial charge in [0.05, 0.1) is 0 Å².